The minimum Gasteiger partial charge on any atom is -0.310 e. The highest BCUT2D eigenvalue weighted by Crippen LogP contribution is 2.28. The molecule has 0 atom stereocenters. The second-order valence-corrected chi connectivity index (χ2v) is 6.06. The van der Waals surface area contributed by atoms with E-state index in [1.807, 2.05) is 18.5 Å². The quantitative estimate of drug-likeness (QED) is 0.904. The fraction of sp³-hybridized carbons (Fsp3) is 0.412. The molecule has 1 aromatic carbocycles. The molecule has 0 saturated heterocycles. The van der Waals surface area contributed by atoms with Gasteiger partial charge >= 0.3 is 0 Å². The second-order valence-electron chi connectivity index (χ2n) is 6.06. The molecule has 1 aliphatic rings. The Labute approximate surface area is 120 Å². The number of nitrogens with one attached hydrogen (secondary N) is 1. The molecule has 3 nitrogen and oxygen atoms in total. The average molecular weight is 267 g/mol. The van der Waals surface area contributed by atoms with Crippen molar-refractivity contribution in [3.05, 3.63) is 59.7 Å². The summed E-state index contributed by atoms with van der Waals surface area (Å²) in [6, 6.07) is 11.1. The number of hydrogen-bond acceptors (Lipinski definition) is 3. The third-order valence-corrected chi connectivity index (χ3v) is 3.93. The van der Waals surface area contributed by atoms with Gasteiger partial charge in [0.15, 0.2) is 0 Å². The van der Waals surface area contributed by atoms with Gasteiger partial charge < -0.3 is 5.32 Å². The summed E-state index contributed by atoms with van der Waals surface area (Å²) >= 11 is 0. The lowest BCUT2D eigenvalue weighted by Crippen LogP contribution is -2.23. The second kappa shape index (κ2) is 5.33. The van der Waals surface area contributed by atoms with Crippen molar-refractivity contribution in [1.82, 2.24) is 15.3 Å². The first-order valence-corrected chi connectivity index (χ1v) is 7.26. The summed E-state index contributed by atoms with van der Waals surface area (Å²) in [4.78, 5) is 9.15. The van der Waals surface area contributed by atoms with Crippen LogP contribution in [0.15, 0.2) is 42.7 Å². The standard InChI is InChI=1S/C17H21N3/c1-17(2,14-6-4-3-5-7-14)16-19-11-13(12-20-16)10-18-15-8-9-15/h3-7,11-12,15,18H,8-10H2,1-2H3. The molecule has 3 rings (SSSR count). The van der Waals surface area contributed by atoms with Crippen LogP contribution < -0.4 is 5.32 Å². The third kappa shape index (κ3) is 2.88. The highest BCUT2D eigenvalue weighted by atomic mass is 15.0. The molecule has 104 valence electrons. The van der Waals surface area contributed by atoms with E-state index in [4.69, 9.17) is 0 Å². The predicted octanol–water partition coefficient (Wildman–Crippen LogP) is 3.05. The van der Waals surface area contributed by atoms with Crippen molar-refractivity contribution >= 4 is 0 Å². The van der Waals surface area contributed by atoms with Gasteiger partial charge in [-0.15, -0.1) is 0 Å². The zero-order valence-electron chi connectivity index (χ0n) is 12.1. The van der Waals surface area contributed by atoms with E-state index in [1.54, 1.807) is 0 Å². The average Bonchev–Trinajstić information content (AvgIpc) is 3.31. The van der Waals surface area contributed by atoms with Gasteiger partial charge in [-0.25, -0.2) is 9.97 Å². The molecule has 0 unspecified atom stereocenters. The van der Waals surface area contributed by atoms with Crippen LogP contribution >= 0.6 is 0 Å². The van der Waals surface area contributed by atoms with Gasteiger partial charge in [-0.1, -0.05) is 30.3 Å². The molecule has 3 heteroatoms. The van der Waals surface area contributed by atoms with Crippen LogP contribution in [0.4, 0.5) is 0 Å². The molecule has 0 aliphatic heterocycles. The Morgan fingerprint density at radius 3 is 2.35 bits per heavy atom. The van der Waals surface area contributed by atoms with E-state index in [-0.39, 0.29) is 5.41 Å². The molecule has 2 aromatic rings. The molecular weight excluding hydrogens is 246 g/mol. The summed E-state index contributed by atoms with van der Waals surface area (Å²) in [5.74, 6) is 0.874. The van der Waals surface area contributed by atoms with Gasteiger partial charge in [-0.05, 0) is 32.3 Å². The van der Waals surface area contributed by atoms with Crippen LogP contribution in [0.2, 0.25) is 0 Å². The Hall–Kier alpha value is -1.74. The topological polar surface area (TPSA) is 37.8 Å². The van der Waals surface area contributed by atoms with Crippen molar-refractivity contribution in [2.75, 3.05) is 0 Å². The molecule has 20 heavy (non-hydrogen) atoms. The maximum atomic E-state index is 4.57. The largest absolute Gasteiger partial charge is 0.310 e. The van der Waals surface area contributed by atoms with Crippen LogP contribution in [0.1, 0.15) is 43.6 Å². The van der Waals surface area contributed by atoms with E-state index in [0.717, 1.165) is 24.0 Å². The molecule has 0 amide bonds. The first kappa shape index (κ1) is 13.3. The summed E-state index contributed by atoms with van der Waals surface area (Å²) in [6.45, 7) is 5.20. The monoisotopic (exact) mass is 267 g/mol. The highest BCUT2D eigenvalue weighted by Gasteiger charge is 2.26. The van der Waals surface area contributed by atoms with Crippen molar-refractivity contribution in [1.29, 1.82) is 0 Å². The molecule has 0 bridgehead atoms. The maximum absolute atomic E-state index is 4.57. The Kier molecular flexibility index (Phi) is 3.53. The summed E-state index contributed by atoms with van der Waals surface area (Å²) in [5.41, 5.74) is 2.23. The van der Waals surface area contributed by atoms with E-state index in [2.05, 4.69) is 53.4 Å². The Morgan fingerprint density at radius 1 is 1.10 bits per heavy atom. The highest BCUT2D eigenvalue weighted by molar-refractivity contribution is 5.30. The van der Waals surface area contributed by atoms with Crippen molar-refractivity contribution in [2.24, 2.45) is 0 Å². The first-order valence-electron chi connectivity index (χ1n) is 7.26. The number of aromatic nitrogens is 2. The fourth-order valence-electron chi connectivity index (χ4n) is 2.30. The summed E-state index contributed by atoms with van der Waals surface area (Å²) in [5, 5.41) is 3.48. The molecule has 1 N–H and O–H groups in total. The minimum atomic E-state index is -0.163. The van der Waals surface area contributed by atoms with Crippen LogP contribution in [-0.4, -0.2) is 16.0 Å². The van der Waals surface area contributed by atoms with Gasteiger partial charge in [0.05, 0.1) is 0 Å². The zero-order chi connectivity index (χ0) is 14.0. The van der Waals surface area contributed by atoms with Gasteiger partial charge in [0.25, 0.3) is 0 Å². The van der Waals surface area contributed by atoms with Gasteiger partial charge in [0.1, 0.15) is 5.82 Å². The van der Waals surface area contributed by atoms with Crippen LogP contribution in [-0.2, 0) is 12.0 Å². The van der Waals surface area contributed by atoms with Crippen LogP contribution in [0.5, 0.6) is 0 Å². The van der Waals surface area contributed by atoms with E-state index in [9.17, 15) is 0 Å². The third-order valence-electron chi connectivity index (χ3n) is 3.93. The molecule has 1 aliphatic carbocycles. The number of nitrogens with zero attached hydrogens (tertiary/aromatic N) is 2. The van der Waals surface area contributed by atoms with E-state index in [0.29, 0.717) is 0 Å². The van der Waals surface area contributed by atoms with Gasteiger partial charge in [-0.3, -0.25) is 0 Å². The number of benzene rings is 1. The van der Waals surface area contributed by atoms with Gasteiger partial charge in [0, 0.05) is 36.0 Å². The molecule has 1 fully saturated rings. The minimum absolute atomic E-state index is 0.163. The fourth-order valence-corrected chi connectivity index (χ4v) is 2.30. The number of hydrogen-bond donors (Lipinski definition) is 1. The lowest BCUT2D eigenvalue weighted by atomic mass is 9.84. The molecule has 0 spiro atoms. The van der Waals surface area contributed by atoms with Crippen molar-refractivity contribution < 1.29 is 0 Å². The van der Waals surface area contributed by atoms with Crippen molar-refractivity contribution in [2.45, 2.75) is 44.7 Å². The molecule has 1 heterocycles. The zero-order valence-corrected chi connectivity index (χ0v) is 12.1. The molecule has 0 radical (unpaired) electrons. The van der Waals surface area contributed by atoms with Crippen LogP contribution in [0, 0.1) is 0 Å². The summed E-state index contributed by atoms with van der Waals surface area (Å²) in [6.07, 6.45) is 6.50. The SMILES string of the molecule is CC(C)(c1ccccc1)c1ncc(CNC2CC2)cn1. The van der Waals surface area contributed by atoms with Gasteiger partial charge in [0.2, 0.25) is 0 Å². The van der Waals surface area contributed by atoms with Gasteiger partial charge in [-0.2, -0.15) is 0 Å². The Morgan fingerprint density at radius 2 is 1.75 bits per heavy atom. The van der Waals surface area contributed by atoms with E-state index >= 15 is 0 Å². The lowest BCUT2D eigenvalue weighted by Gasteiger charge is -2.23. The van der Waals surface area contributed by atoms with E-state index < -0.39 is 0 Å². The van der Waals surface area contributed by atoms with E-state index in [1.165, 1.54) is 18.4 Å². The first-order chi connectivity index (χ1) is 9.66. The Bertz CT molecular complexity index is 557. The Balaban J connectivity index is 1.75. The predicted molar refractivity (Wildman–Crippen MR) is 80.5 cm³/mol. The summed E-state index contributed by atoms with van der Waals surface area (Å²) < 4.78 is 0. The molecule has 1 saturated carbocycles. The number of rotatable bonds is 5. The summed E-state index contributed by atoms with van der Waals surface area (Å²) in [7, 11) is 0. The van der Waals surface area contributed by atoms with Crippen LogP contribution in [0.3, 0.4) is 0 Å². The smallest absolute Gasteiger partial charge is 0.138 e. The van der Waals surface area contributed by atoms with Crippen LogP contribution in [0.25, 0.3) is 0 Å². The maximum Gasteiger partial charge on any atom is 0.138 e. The van der Waals surface area contributed by atoms with Crippen molar-refractivity contribution in [3.63, 3.8) is 0 Å². The van der Waals surface area contributed by atoms with Crippen molar-refractivity contribution in [3.8, 4) is 0 Å². The normalized spacial score (nSPS) is 15.3. The lowest BCUT2D eigenvalue weighted by molar-refractivity contribution is 0.585. The molecule has 1 aromatic heterocycles. The molecular formula is C17H21N3.